The number of carbonyl (C=O) groups excluding carboxylic acids is 3. The second kappa shape index (κ2) is 11.6. The van der Waals surface area contributed by atoms with Crippen molar-refractivity contribution in [1.82, 2.24) is 15.5 Å². The average Bonchev–Trinajstić information content (AvgIpc) is 3.27. The first-order chi connectivity index (χ1) is 18.7. The summed E-state index contributed by atoms with van der Waals surface area (Å²) >= 11 is 6.14. The number of sulfone groups is 1. The first kappa shape index (κ1) is 30.2. The van der Waals surface area contributed by atoms with Crippen LogP contribution in [0.1, 0.15) is 37.7 Å². The molecular formula is C26H32ClF3N4O5S. The third kappa shape index (κ3) is 6.40. The number of hydrogen-bond acceptors (Lipinski definition) is 6. The summed E-state index contributed by atoms with van der Waals surface area (Å²) in [6, 6.07) is 1.34. The lowest BCUT2D eigenvalue weighted by molar-refractivity contribution is -0.193. The van der Waals surface area contributed by atoms with Gasteiger partial charge in [-0.3, -0.25) is 14.4 Å². The molecule has 1 aromatic rings. The third-order valence-electron chi connectivity index (χ3n) is 7.91. The Morgan fingerprint density at radius 2 is 2.00 bits per heavy atom. The molecule has 0 spiro atoms. The van der Waals surface area contributed by atoms with Gasteiger partial charge < -0.3 is 20.9 Å². The van der Waals surface area contributed by atoms with Gasteiger partial charge in [-0.1, -0.05) is 17.7 Å². The van der Waals surface area contributed by atoms with Crippen LogP contribution in [0.4, 0.5) is 18.9 Å². The van der Waals surface area contributed by atoms with Crippen molar-refractivity contribution < 1.29 is 36.0 Å². The lowest BCUT2D eigenvalue weighted by Gasteiger charge is -2.53. The molecule has 1 aliphatic carbocycles. The second-order valence-electron chi connectivity index (χ2n) is 10.7. The molecular weight excluding hydrogens is 573 g/mol. The molecule has 1 saturated carbocycles. The molecule has 3 amide bonds. The molecule has 14 heteroatoms. The standard InChI is InChI=1S/C26H32ClF3N4O5S/c1-14-19(27)4-3-5-20(14)32-13-22(35)34-17-6-7-18(26(29,30)12-17)23(34)25(37)33-16(11-21(28)40(2,38)39)10-15-8-9-31-24(15)36/h3-5,11,15-18,23,32H,6-10,12-13H2,1-2H3,(H,31,36)(H,33,37)/b21-11+/t15-,16-,17+,18+,23+/m1/s1. The minimum Gasteiger partial charge on any atom is -0.376 e. The summed E-state index contributed by atoms with van der Waals surface area (Å²) in [4.78, 5) is 40.3. The molecule has 0 unspecified atom stereocenters. The van der Waals surface area contributed by atoms with E-state index in [2.05, 4.69) is 16.0 Å². The van der Waals surface area contributed by atoms with Crippen LogP contribution in [0.2, 0.25) is 5.02 Å². The van der Waals surface area contributed by atoms with Crippen LogP contribution < -0.4 is 16.0 Å². The van der Waals surface area contributed by atoms with Gasteiger partial charge in [0.05, 0.1) is 18.5 Å². The van der Waals surface area contributed by atoms with E-state index >= 15 is 8.78 Å². The van der Waals surface area contributed by atoms with E-state index in [1.165, 1.54) is 4.90 Å². The van der Waals surface area contributed by atoms with Gasteiger partial charge in [0.25, 0.3) is 5.92 Å². The summed E-state index contributed by atoms with van der Waals surface area (Å²) in [6.07, 6.45) is 1.27. The summed E-state index contributed by atoms with van der Waals surface area (Å²) in [7, 11) is -4.26. The van der Waals surface area contributed by atoms with Crippen molar-refractivity contribution in [2.45, 2.75) is 63.1 Å². The number of fused-ring (bicyclic) bond motifs is 3. The van der Waals surface area contributed by atoms with Crippen molar-refractivity contribution in [1.29, 1.82) is 0 Å². The first-order valence-electron chi connectivity index (χ1n) is 13.0. The zero-order valence-corrected chi connectivity index (χ0v) is 23.6. The Hall–Kier alpha value is -2.80. The number of alkyl halides is 2. The third-order valence-corrected chi connectivity index (χ3v) is 9.16. The van der Waals surface area contributed by atoms with Crippen LogP contribution in [-0.4, -0.2) is 74.4 Å². The molecule has 3 N–H and O–H groups in total. The molecule has 3 heterocycles. The van der Waals surface area contributed by atoms with Gasteiger partial charge in [0.2, 0.25) is 32.7 Å². The summed E-state index contributed by atoms with van der Waals surface area (Å²) in [5, 5.41) is 7.01. The number of hydrogen-bond donors (Lipinski definition) is 3. The van der Waals surface area contributed by atoms with E-state index in [4.69, 9.17) is 11.6 Å². The normalized spacial score (nSPS) is 26.8. The zero-order valence-electron chi connectivity index (χ0n) is 22.1. The number of nitrogens with one attached hydrogen (secondary N) is 3. The topological polar surface area (TPSA) is 125 Å². The highest BCUT2D eigenvalue weighted by atomic mass is 35.5. The number of piperidine rings is 2. The predicted octanol–water partition coefficient (Wildman–Crippen LogP) is 2.94. The highest BCUT2D eigenvalue weighted by molar-refractivity contribution is 7.94. The Bertz CT molecular complexity index is 1330. The number of benzene rings is 1. The van der Waals surface area contributed by atoms with Gasteiger partial charge in [-0.25, -0.2) is 17.2 Å². The Labute approximate surface area is 235 Å². The van der Waals surface area contributed by atoms with Gasteiger partial charge in [-0.05, 0) is 56.4 Å². The Balaban J connectivity index is 1.59. The Morgan fingerprint density at radius 1 is 1.27 bits per heavy atom. The SMILES string of the molecule is Cc1c(Cl)cccc1NCC(=O)N1[C@H]2CC[C@@H]([C@H]1C(=O)N[C@@H](/C=C(\F)S(C)(=O)=O)C[C@H]1CCNC1=O)C(F)(F)C2. The smallest absolute Gasteiger partial charge is 0.255 e. The maximum absolute atomic E-state index is 15.0. The van der Waals surface area contributed by atoms with E-state index in [-0.39, 0.29) is 25.3 Å². The average molecular weight is 605 g/mol. The number of nitrogens with zero attached hydrogens (tertiary/aromatic N) is 1. The van der Waals surface area contributed by atoms with Crippen LogP contribution in [0, 0.1) is 18.8 Å². The lowest BCUT2D eigenvalue weighted by Crippen LogP contribution is -2.69. The Morgan fingerprint density at radius 3 is 2.62 bits per heavy atom. The minimum atomic E-state index is -4.26. The maximum atomic E-state index is 15.0. The van der Waals surface area contributed by atoms with Gasteiger partial charge in [-0.2, -0.15) is 4.39 Å². The number of carbonyl (C=O) groups is 3. The zero-order chi connectivity index (χ0) is 29.4. The van der Waals surface area contributed by atoms with E-state index in [1.807, 2.05) is 0 Å². The van der Waals surface area contributed by atoms with E-state index in [9.17, 15) is 27.2 Å². The van der Waals surface area contributed by atoms with Crippen molar-refractivity contribution in [3.8, 4) is 0 Å². The summed E-state index contributed by atoms with van der Waals surface area (Å²) < 4.78 is 67.9. The molecule has 5 rings (SSSR count). The fraction of sp³-hybridized carbons (Fsp3) is 0.577. The van der Waals surface area contributed by atoms with E-state index < -0.39 is 69.1 Å². The van der Waals surface area contributed by atoms with Crippen LogP contribution in [0.3, 0.4) is 0 Å². The van der Waals surface area contributed by atoms with Crippen LogP contribution in [0.25, 0.3) is 0 Å². The van der Waals surface area contributed by atoms with Crippen LogP contribution >= 0.6 is 11.6 Å². The van der Waals surface area contributed by atoms with Crippen LogP contribution in [0.15, 0.2) is 29.4 Å². The number of halogens is 4. The molecule has 3 saturated heterocycles. The largest absolute Gasteiger partial charge is 0.376 e. The Kier molecular flexibility index (Phi) is 8.74. The van der Waals surface area contributed by atoms with Crippen molar-refractivity contribution in [3.05, 3.63) is 40.0 Å². The van der Waals surface area contributed by atoms with E-state index in [1.54, 1.807) is 25.1 Å². The number of anilines is 1. The minimum absolute atomic E-state index is 0.00357. The maximum Gasteiger partial charge on any atom is 0.255 e. The van der Waals surface area contributed by atoms with E-state index in [0.717, 1.165) is 0 Å². The molecule has 1 aromatic carbocycles. The van der Waals surface area contributed by atoms with Gasteiger partial charge in [0.1, 0.15) is 6.04 Å². The molecule has 4 aliphatic rings. The van der Waals surface area contributed by atoms with Crippen molar-refractivity contribution >= 4 is 44.8 Å². The van der Waals surface area contributed by atoms with Gasteiger partial charge >= 0.3 is 0 Å². The quantitative estimate of drug-likeness (QED) is 0.398. The molecule has 0 radical (unpaired) electrons. The second-order valence-corrected chi connectivity index (χ2v) is 13.0. The molecule has 2 bridgehead atoms. The molecule has 3 aliphatic heterocycles. The molecule has 4 fully saturated rings. The molecule has 0 aromatic heterocycles. The predicted molar refractivity (Wildman–Crippen MR) is 143 cm³/mol. The fourth-order valence-corrected chi connectivity index (χ4v) is 6.41. The fourth-order valence-electron chi connectivity index (χ4n) is 5.82. The molecule has 9 nitrogen and oxygen atoms in total. The van der Waals surface area contributed by atoms with Crippen molar-refractivity contribution in [3.63, 3.8) is 0 Å². The highest BCUT2D eigenvalue weighted by Crippen LogP contribution is 2.49. The summed E-state index contributed by atoms with van der Waals surface area (Å²) in [5.74, 6) is -7.20. The van der Waals surface area contributed by atoms with Crippen LogP contribution in [0.5, 0.6) is 0 Å². The van der Waals surface area contributed by atoms with Crippen LogP contribution in [-0.2, 0) is 24.2 Å². The van der Waals surface area contributed by atoms with Crippen molar-refractivity contribution in [2.24, 2.45) is 11.8 Å². The highest BCUT2D eigenvalue weighted by Gasteiger charge is 2.60. The first-order valence-corrected chi connectivity index (χ1v) is 15.3. The van der Waals surface area contributed by atoms with Gasteiger partial charge in [-0.15, -0.1) is 0 Å². The summed E-state index contributed by atoms with van der Waals surface area (Å²) in [5.41, 5.74) is 1.27. The number of amides is 3. The molecule has 5 atom stereocenters. The molecule has 220 valence electrons. The number of rotatable bonds is 9. The van der Waals surface area contributed by atoms with Crippen molar-refractivity contribution in [2.75, 3.05) is 24.7 Å². The molecule has 40 heavy (non-hydrogen) atoms. The monoisotopic (exact) mass is 604 g/mol. The van der Waals surface area contributed by atoms with Gasteiger partial charge in [0, 0.05) is 41.9 Å². The van der Waals surface area contributed by atoms with Gasteiger partial charge in [0.15, 0.2) is 0 Å². The van der Waals surface area contributed by atoms with E-state index in [0.29, 0.717) is 48.0 Å². The lowest BCUT2D eigenvalue weighted by atomic mass is 9.71. The summed E-state index contributed by atoms with van der Waals surface area (Å²) in [6.45, 7) is 1.83.